The minimum atomic E-state index is -2.73. The van der Waals surface area contributed by atoms with E-state index in [4.69, 9.17) is 5.11 Å². The van der Waals surface area contributed by atoms with Gasteiger partial charge in [0.25, 0.3) is 5.95 Å². The minimum Gasteiger partial charge on any atom is -0.480 e. The highest BCUT2D eigenvalue weighted by Gasteiger charge is 2.21. The maximum Gasteiger partial charge on any atom is 0.323 e. The van der Waals surface area contributed by atoms with Crippen LogP contribution in [-0.4, -0.2) is 28.4 Å². The van der Waals surface area contributed by atoms with Gasteiger partial charge in [0.15, 0.2) is 0 Å². The highest BCUT2D eigenvalue weighted by atomic mass is 19.3. The average Bonchev–Trinajstić information content (AvgIpc) is 1.97. The molecule has 0 rings (SSSR count). The van der Waals surface area contributed by atoms with Crippen LogP contribution >= 0.6 is 0 Å². The Morgan fingerprint density at radius 3 is 2.00 bits per heavy atom. The van der Waals surface area contributed by atoms with E-state index in [0.29, 0.717) is 0 Å². The molecular weight excluding hydrogens is 191 g/mol. The predicted molar refractivity (Wildman–Crippen MR) is 35.4 cm³/mol. The molecule has 4 nitrogen and oxygen atoms in total. The SMILES string of the molecule is CC(=O)N(CC(=O)O)C(F)=C(F)F. The summed E-state index contributed by atoms with van der Waals surface area (Å²) >= 11 is 0. The quantitative estimate of drug-likeness (QED) is 0.685. The number of halogens is 3. The van der Waals surface area contributed by atoms with E-state index in [0.717, 1.165) is 6.92 Å². The lowest BCUT2D eigenvalue weighted by Gasteiger charge is -2.14. The molecule has 74 valence electrons. The van der Waals surface area contributed by atoms with E-state index in [1.165, 1.54) is 0 Å². The second-order valence-electron chi connectivity index (χ2n) is 2.05. The van der Waals surface area contributed by atoms with Crippen LogP contribution in [0.4, 0.5) is 13.2 Å². The summed E-state index contributed by atoms with van der Waals surface area (Å²) in [6, 6.07) is 0. The highest BCUT2D eigenvalue weighted by Crippen LogP contribution is 2.14. The van der Waals surface area contributed by atoms with Gasteiger partial charge in [0.2, 0.25) is 5.91 Å². The fraction of sp³-hybridized carbons (Fsp3) is 0.333. The zero-order valence-electron chi connectivity index (χ0n) is 6.55. The minimum absolute atomic E-state index is 0.169. The molecule has 0 aromatic heterocycles. The molecule has 0 aliphatic carbocycles. The second-order valence-corrected chi connectivity index (χ2v) is 2.05. The first-order valence-electron chi connectivity index (χ1n) is 3.07. The number of carboxylic acid groups (broad SMARTS) is 1. The number of aliphatic carboxylic acids is 1. The molecule has 0 saturated carbocycles. The molecule has 0 aromatic rings. The Labute approximate surface area is 71.2 Å². The zero-order valence-corrected chi connectivity index (χ0v) is 6.55. The van der Waals surface area contributed by atoms with Crippen LogP contribution in [0.3, 0.4) is 0 Å². The van der Waals surface area contributed by atoms with Crippen molar-refractivity contribution < 1.29 is 27.9 Å². The topological polar surface area (TPSA) is 57.6 Å². The number of carbonyl (C=O) groups excluding carboxylic acids is 1. The normalized spacial score (nSPS) is 9.23. The Morgan fingerprint density at radius 1 is 1.31 bits per heavy atom. The Balaban J connectivity index is 4.72. The van der Waals surface area contributed by atoms with Gasteiger partial charge in [0, 0.05) is 6.92 Å². The summed E-state index contributed by atoms with van der Waals surface area (Å²) in [4.78, 5) is 20.3. The molecule has 0 saturated heterocycles. The average molecular weight is 197 g/mol. The molecule has 0 atom stereocenters. The van der Waals surface area contributed by atoms with Crippen LogP contribution in [0.2, 0.25) is 0 Å². The van der Waals surface area contributed by atoms with Crippen molar-refractivity contribution in [2.75, 3.05) is 6.54 Å². The summed E-state index contributed by atoms with van der Waals surface area (Å²) in [6.45, 7) is -0.343. The molecular formula is C6H6F3NO3. The second kappa shape index (κ2) is 4.48. The van der Waals surface area contributed by atoms with E-state index in [2.05, 4.69) is 0 Å². The van der Waals surface area contributed by atoms with Crippen molar-refractivity contribution in [1.29, 1.82) is 0 Å². The Bertz CT molecular complexity index is 260. The summed E-state index contributed by atoms with van der Waals surface area (Å²) in [7, 11) is 0. The maximum atomic E-state index is 12.4. The third kappa shape index (κ3) is 3.59. The number of hydrogen-bond acceptors (Lipinski definition) is 2. The summed E-state index contributed by atoms with van der Waals surface area (Å²) in [5, 5.41) is 8.14. The van der Waals surface area contributed by atoms with Crippen LogP contribution in [0, 0.1) is 0 Å². The lowest BCUT2D eigenvalue weighted by atomic mass is 10.5. The van der Waals surface area contributed by atoms with Crippen LogP contribution in [0.5, 0.6) is 0 Å². The molecule has 0 spiro atoms. The zero-order chi connectivity index (χ0) is 10.6. The van der Waals surface area contributed by atoms with Gasteiger partial charge in [-0.05, 0) is 0 Å². The van der Waals surface area contributed by atoms with E-state index in [1.807, 2.05) is 0 Å². The summed E-state index contributed by atoms with van der Waals surface area (Å²) in [5.74, 6) is -4.81. The first kappa shape index (κ1) is 11.5. The smallest absolute Gasteiger partial charge is 0.323 e. The fourth-order valence-electron chi connectivity index (χ4n) is 0.556. The lowest BCUT2D eigenvalue weighted by Crippen LogP contribution is -2.32. The molecule has 0 fully saturated rings. The summed E-state index contributed by atoms with van der Waals surface area (Å²) in [5.41, 5.74) is 0. The van der Waals surface area contributed by atoms with Gasteiger partial charge >= 0.3 is 12.0 Å². The standard InChI is InChI=1S/C6H6F3NO3/c1-3(11)10(2-4(12)13)6(9)5(7)8/h2H2,1H3,(H,12,13). The number of rotatable bonds is 3. The third-order valence-electron chi connectivity index (χ3n) is 1.07. The van der Waals surface area contributed by atoms with Gasteiger partial charge in [-0.3, -0.25) is 14.5 Å². The van der Waals surface area contributed by atoms with Crippen molar-refractivity contribution in [2.24, 2.45) is 0 Å². The number of hydrogen-bond donors (Lipinski definition) is 1. The maximum absolute atomic E-state index is 12.4. The van der Waals surface area contributed by atoms with Gasteiger partial charge in [-0.25, -0.2) is 0 Å². The van der Waals surface area contributed by atoms with Crippen LogP contribution in [0.25, 0.3) is 0 Å². The van der Waals surface area contributed by atoms with Gasteiger partial charge in [0.1, 0.15) is 6.54 Å². The molecule has 0 bridgehead atoms. The van der Waals surface area contributed by atoms with Crippen molar-refractivity contribution in [3.05, 3.63) is 12.0 Å². The van der Waals surface area contributed by atoms with Crippen molar-refractivity contribution in [2.45, 2.75) is 6.92 Å². The monoisotopic (exact) mass is 197 g/mol. The Kier molecular flexibility index (Phi) is 3.96. The van der Waals surface area contributed by atoms with E-state index >= 15 is 0 Å². The van der Waals surface area contributed by atoms with Crippen LogP contribution in [-0.2, 0) is 9.59 Å². The van der Waals surface area contributed by atoms with Gasteiger partial charge in [-0.1, -0.05) is 0 Å². The molecule has 0 heterocycles. The van der Waals surface area contributed by atoms with E-state index in [-0.39, 0.29) is 4.90 Å². The molecule has 7 heteroatoms. The number of nitrogens with zero attached hydrogens (tertiary/aromatic N) is 1. The van der Waals surface area contributed by atoms with Crippen LogP contribution in [0.15, 0.2) is 12.0 Å². The van der Waals surface area contributed by atoms with Crippen molar-refractivity contribution >= 4 is 11.9 Å². The molecule has 0 unspecified atom stereocenters. The highest BCUT2D eigenvalue weighted by molar-refractivity contribution is 5.80. The van der Waals surface area contributed by atoms with Gasteiger partial charge < -0.3 is 5.11 Å². The predicted octanol–water partition coefficient (Wildman–Crippen LogP) is 0.955. The van der Waals surface area contributed by atoms with Crippen molar-refractivity contribution in [3.8, 4) is 0 Å². The number of carboxylic acids is 1. The molecule has 0 aliphatic heterocycles. The Morgan fingerprint density at radius 2 is 1.77 bits per heavy atom. The van der Waals surface area contributed by atoms with Crippen molar-refractivity contribution in [3.63, 3.8) is 0 Å². The van der Waals surface area contributed by atoms with E-state index < -0.39 is 30.5 Å². The Hall–Kier alpha value is -1.53. The molecule has 1 amide bonds. The molecule has 13 heavy (non-hydrogen) atoms. The van der Waals surface area contributed by atoms with Gasteiger partial charge in [-0.2, -0.15) is 13.2 Å². The summed E-state index contributed by atoms with van der Waals surface area (Å²) in [6.07, 6.45) is -2.73. The van der Waals surface area contributed by atoms with Gasteiger partial charge in [-0.15, -0.1) is 0 Å². The number of amides is 1. The first-order chi connectivity index (χ1) is 5.86. The van der Waals surface area contributed by atoms with E-state index in [1.54, 1.807) is 0 Å². The largest absolute Gasteiger partial charge is 0.480 e. The third-order valence-corrected chi connectivity index (χ3v) is 1.07. The molecule has 0 aliphatic rings. The number of carbonyl (C=O) groups is 2. The van der Waals surface area contributed by atoms with E-state index in [9.17, 15) is 22.8 Å². The molecule has 0 radical (unpaired) electrons. The fourth-order valence-corrected chi connectivity index (χ4v) is 0.556. The molecule has 0 aromatic carbocycles. The summed E-state index contributed by atoms with van der Waals surface area (Å²) < 4.78 is 35.6. The van der Waals surface area contributed by atoms with Gasteiger partial charge in [0.05, 0.1) is 0 Å². The van der Waals surface area contributed by atoms with Crippen molar-refractivity contribution in [1.82, 2.24) is 4.90 Å². The lowest BCUT2D eigenvalue weighted by molar-refractivity contribution is -0.143. The molecule has 1 N–H and O–H groups in total. The van der Waals surface area contributed by atoms with Crippen LogP contribution < -0.4 is 0 Å². The van der Waals surface area contributed by atoms with Crippen LogP contribution in [0.1, 0.15) is 6.92 Å². The first-order valence-corrected chi connectivity index (χ1v) is 3.07.